The molecule has 184 valence electrons. The quantitative estimate of drug-likeness (QED) is 0.526. The minimum Gasteiger partial charge on any atom is -0.454 e. The van der Waals surface area contributed by atoms with Crippen LogP contribution in [-0.2, 0) is 21.4 Å². The fourth-order valence-electron chi connectivity index (χ4n) is 5.16. The maximum atomic E-state index is 13.5. The highest BCUT2D eigenvalue weighted by Crippen LogP contribution is 2.33. The topological polar surface area (TPSA) is 106 Å². The molecule has 0 radical (unpaired) electrons. The molecule has 1 atom stereocenters. The molecule has 6 rings (SSSR count). The van der Waals surface area contributed by atoms with E-state index < -0.39 is 16.1 Å². The first-order valence-electron chi connectivity index (χ1n) is 11.7. The predicted molar refractivity (Wildman–Crippen MR) is 128 cm³/mol. The van der Waals surface area contributed by atoms with Gasteiger partial charge in [0, 0.05) is 12.1 Å². The molecule has 1 aromatic heterocycles. The third kappa shape index (κ3) is 4.14. The summed E-state index contributed by atoms with van der Waals surface area (Å²) < 4.78 is 47.7. The number of ether oxygens (including phenoxy) is 2. The standard InChI is InChI=1S/C23H25N5O5S2/c29-23(27-11-9-26(10-12-27)14-16-6-7-19-20(13-16)33-15-32-19)18-4-2-8-28(18)35(30,31)21-5-1-3-17-22(21)25-34-24-17/h1,3,5-7,13,18H,2,4,8-12,14-15H2/p+1/t18-/m1/s1. The third-order valence-electron chi connectivity index (χ3n) is 7.00. The van der Waals surface area contributed by atoms with Crippen LogP contribution in [0.5, 0.6) is 11.5 Å². The van der Waals surface area contributed by atoms with Crippen LogP contribution in [0.15, 0.2) is 41.3 Å². The number of carbonyl (C=O) groups excluding carboxylic acids is 1. The van der Waals surface area contributed by atoms with Gasteiger partial charge >= 0.3 is 0 Å². The molecule has 2 fully saturated rings. The Bertz CT molecular complexity index is 1370. The number of nitrogens with zero attached hydrogens (tertiary/aromatic N) is 4. The summed E-state index contributed by atoms with van der Waals surface area (Å²) in [5.41, 5.74) is 2.10. The van der Waals surface area contributed by atoms with Crippen molar-refractivity contribution in [2.24, 2.45) is 0 Å². The molecule has 3 aliphatic heterocycles. The van der Waals surface area contributed by atoms with E-state index >= 15 is 0 Å². The smallest absolute Gasteiger partial charge is 0.246 e. The Morgan fingerprint density at radius 2 is 1.91 bits per heavy atom. The van der Waals surface area contributed by atoms with Crippen LogP contribution in [0.1, 0.15) is 18.4 Å². The highest BCUT2D eigenvalue weighted by Gasteiger charge is 2.42. The van der Waals surface area contributed by atoms with Gasteiger partial charge in [0.2, 0.25) is 22.7 Å². The zero-order valence-electron chi connectivity index (χ0n) is 19.1. The van der Waals surface area contributed by atoms with Crippen LogP contribution in [0, 0.1) is 0 Å². The largest absolute Gasteiger partial charge is 0.454 e. The SMILES string of the molecule is O=C([C@H]1CCCN1S(=O)(=O)c1cccc2nsnc12)N1CC[NH+](Cc2ccc3c(c2)OCO3)CC1. The Morgan fingerprint density at radius 3 is 2.77 bits per heavy atom. The molecular formula is C23H26N5O5S2+. The zero-order valence-corrected chi connectivity index (χ0v) is 20.7. The molecule has 0 spiro atoms. The number of amides is 1. The lowest BCUT2D eigenvalue weighted by Crippen LogP contribution is -3.13. The molecule has 1 N–H and O–H groups in total. The van der Waals surface area contributed by atoms with Crippen molar-refractivity contribution in [1.29, 1.82) is 0 Å². The van der Waals surface area contributed by atoms with E-state index in [4.69, 9.17) is 9.47 Å². The maximum absolute atomic E-state index is 13.5. The van der Waals surface area contributed by atoms with Gasteiger partial charge in [-0.1, -0.05) is 6.07 Å². The highest BCUT2D eigenvalue weighted by atomic mass is 32.2. The summed E-state index contributed by atoms with van der Waals surface area (Å²) in [4.78, 5) is 16.8. The summed E-state index contributed by atoms with van der Waals surface area (Å²) in [6, 6.07) is 10.3. The van der Waals surface area contributed by atoms with Gasteiger partial charge in [-0.15, -0.1) is 0 Å². The summed E-state index contributed by atoms with van der Waals surface area (Å²) in [5.74, 6) is 1.46. The number of piperazine rings is 1. The molecular weight excluding hydrogens is 490 g/mol. The van der Waals surface area contributed by atoms with Crippen molar-refractivity contribution in [3.63, 3.8) is 0 Å². The molecule has 35 heavy (non-hydrogen) atoms. The molecule has 10 nitrogen and oxygen atoms in total. The maximum Gasteiger partial charge on any atom is 0.246 e. The zero-order chi connectivity index (χ0) is 24.0. The van der Waals surface area contributed by atoms with Crippen molar-refractivity contribution < 1.29 is 27.6 Å². The van der Waals surface area contributed by atoms with Crippen LogP contribution in [-0.4, -0.2) is 77.8 Å². The van der Waals surface area contributed by atoms with Gasteiger partial charge in [-0.3, -0.25) is 4.79 Å². The molecule has 4 heterocycles. The molecule has 2 saturated heterocycles. The fourth-order valence-corrected chi connectivity index (χ4v) is 7.57. The number of sulfonamides is 1. The number of fused-ring (bicyclic) bond motifs is 2. The normalized spacial score (nSPS) is 21.1. The second-order valence-corrected chi connectivity index (χ2v) is 11.5. The molecule has 2 aromatic carbocycles. The van der Waals surface area contributed by atoms with E-state index in [0.29, 0.717) is 43.5 Å². The van der Waals surface area contributed by atoms with Crippen LogP contribution in [0.3, 0.4) is 0 Å². The van der Waals surface area contributed by atoms with Crippen LogP contribution < -0.4 is 14.4 Å². The van der Waals surface area contributed by atoms with Crippen LogP contribution in [0.2, 0.25) is 0 Å². The van der Waals surface area contributed by atoms with Crippen LogP contribution >= 0.6 is 11.7 Å². The number of rotatable bonds is 5. The van der Waals surface area contributed by atoms with Crippen molar-refractivity contribution in [2.45, 2.75) is 30.3 Å². The van der Waals surface area contributed by atoms with Crippen LogP contribution in [0.4, 0.5) is 0 Å². The number of hydrogen-bond donors (Lipinski definition) is 1. The second-order valence-electron chi connectivity index (χ2n) is 9.10. The van der Waals surface area contributed by atoms with Gasteiger partial charge in [-0.2, -0.15) is 13.1 Å². The molecule has 0 unspecified atom stereocenters. The number of hydrogen-bond acceptors (Lipinski definition) is 8. The molecule has 3 aliphatic rings. The first kappa shape index (κ1) is 22.7. The number of benzene rings is 2. The first-order valence-corrected chi connectivity index (χ1v) is 13.9. The molecule has 0 bridgehead atoms. The van der Waals surface area contributed by atoms with E-state index in [1.165, 1.54) is 14.8 Å². The summed E-state index contributed by atoms with van der Waals surface area (Å²) in [7, 11) is -3.86. The van der Waals surface area contributed by atoms with E-state index in [2.05, 4.69) is 14.8 Å². The minimum absolute atomic E-state index is 0.100. The number of nitrogens with one attached hydrogen (secondary N) is 1. The van der Waals surface area contributed by atoms with Crippen molar-refractivity contribution >= 4 is 38.7 Å². The Hall–Kier alpha value is -2.80. The lowest BCUT2D eigenvalue weighted by molar-refractivity contribution is -0.917. The Kier molecular flexibility index (Phi) is 5.83. The lowest BCUT2D eigenvalue weighted by Gasteiger charge is -2.35. The van der Waals surface area contributed by atoms with E-state index in [1.807, 2.05) is 17.0 Å². The van der Waals surface area contributed by atoms with E-state index in [1.54, 1.807) is 18.2 Å². The predicted octanol–water partition coefficient (Wildman–Crippen LogP) is 0.500. The van der Waals surface area contributed by atoms with Crippen LogP contribution in [0.25, 0.3) is 11.0 Å². The number of quaternary nitrogens is 1. The van der Waals surface area contributed by atoms with Gasteiger partial charge < -0.3 is 19.3 Å². The summed E-state index contributed by atoms with van der Waals surface area (Å²) in [5, 5.41) is 0. The summed E-state index contributed by atoms with van der Waals surface area (Å²) in [6.07, 6.45) is 1.20. The average Bonchev–Trinajstić information content (AvgIpc) is 3.64. The molecule has 0 saturated carbocycles. The Morgan fingerprint density at radius 1 is 1.09 bits per heavy atom. The third-order valence-corrected chi connectivity index (χ3v) is 9.48. The van der Waals surface area contributed by atoms with Gasteiger partial charge in [0.15, 0.2) is 11.5 Å². The average molecular weight is 517 g/mol. The van der Waals surface area contributed by atoms with Crippen molar-refractivity contribution in [1.82, 2.24) is 18.0 Å². The molecule has 12 heteroatoms. The molecule has 1 amide bonds. The van der Waals surface area contributed by atoms with Gasteiger partial charge in [-0.25, -0.2) is 8.42 Å². The lowest BCUT2D eigenvalue weighted by atomic mass is 10.1. The van der Waals surface area contributed by atoms with Crippen molar-refractivity contribution in [3.05, 3.63) is 42.0 Å². The number of carbonyl (C=O) groups is 1. The first-order chi connectivity index (χ1) is 17.0. The monoisotopic (exact) mass is 516 g/mol. The van der Waals surface area contributed by atoms with Crippen molar-refractivity contribution in [3.8, 4) is 11.5 Å². The van der Waals surface area contributed by atoms with E-state index in [9.17, 15) is 13.2 Å². The van der Waals surface area contributed by atoms with Gasteiger partial charge in [-0.05, 0) is 43.2 Å². The number of aromatic nitrogens is 2. The fraction of sp³-hybridized carbons (Fsp3) is 0.435. The minimum atomic E-state index is -3.86. The Balaban J connectivity index is 1.12. The highest BCUT2D eigenvalue weighted by molar-refractivity contribution is 7.89. The van der Waals surface area contributed by atoms with E-state index in [-0.39, 0.29) is 17.6 Å². The van der Waals surface area contributed by atoms with Gasteiger partial charge in [0.25, 0.3) is 0 Å². The van der Waals surface area contributed by atoms with E-state index in [0.717, 1.165) is 42.9 Å². The van der Waals surface area contributed by atoms with Gasteiger partial charge in [0.05, 0.1) is 37.9 Å². The summed E-state index contributed by atoms with van der Waals surface area (Å²) >= 11 is 0.988. The molecule has 0 aliphatic carbocycles. The second kappa shape index (κ2) is 9.01. The van der Waals surface area contributed by atoms with Crippen molar-refractivity contribution in [2.75, 3.05) is 39.5 Å². The Labute approximate surface area is 207 Å². The molecule has 3 aromatic rings. The summed E-state index contributed by atoms with van der Waals surface area (Å²) in [6.45, 7) is 4.27. The van der Waals surface area contributed by atoms with Gasteiger partial charge in [0.1, 0.15) is 28.5 Å².